The fraction of sp³-hybridized carbons (Fsp3) is 0.0189. The van der Waals surface area contributed by atoms with Crippen LogP contribution >= 0.6 is 11.3 Å². The summed E-state index contributed by atoms with van der Waals surface area (Å²) < 4.78 is 2.65. The largest absolute Gasteiger partial charge is 0.310 e. The first kappa shape index (κ1) is 32.9. The summed E-state index contributed by atoms with van der Waals surface area (Å²) in [5.41, 5.74) is 10.5. The molecule has 0 N–H and O–H groups in total. The minimum Gasteiger partial charge on any atom is -0.310 e. The minimum atomic E-state index is 1.10. The van der Waals surface area contributed by atoms with Crippen molar-refractivity contribution in [3.05, 3.63) is 200 Å². The Kier molecular flexibility index (Phi) is 8.12. The first-order valence-electron chi connectivity index (χ1n) is 18.8. The van der Waals surface area contributed by atoms with Crippen LogP contribution in [0.2, 0.25) is 0 Å². The second kappa shape index (κ2) is 13.6. The van der Waals surface area contributed by atoms with Crippen LogP contribution < -0.4 is 4.90 Å². The summed E-state index contributed by atoms with van der Waals surface area (Å²) in [4.78, 5) is 2.38. The molecule has 10 aromatic rings. The van der Waals surface area contributed by atoms with Crippen molar-refractivity contribution in [1.29, 1.82) is 0 Å². The molecule has 9 aromatic carbocycles. The number of allylic oxidation sites excluding steroid dienone is 1. The van der Waals surface area contributed by atoms with Crippen molar-refractivity contribution in [3.63, 3.8) is 0 Å². The van der Waals surface area contributed by atoms with Crippen molar-refractivity contribution in [2.45, 2.75) is 6.92 Å². The predicted octanol–water partition coefficient (Wildman–Crippen LogP) is 16.0. The molecule has 1 heterocycles. The standard InChI is InChI=1S/C53H37NS/c1-3-12-45-43(4-2)46-15-7-8-16-47(46)48-32-31-42(34-51(45)48)54(40-27-23-36(24-28-40)39-22-21-35-13-5-6-14-38(35)33-39)41-29-25-37(26-30-41)44-18-11-19-50-49-17-9-10-20-52(49)55-53(44)50/h3-34H,2H2,1H3/b12-3+. The molecule has 10 rings (SSSR count). The molecule has 2 heteroatoms. The summed E-state index contributed by atoms with van der Waals surface area (Å²) in [5, 5.41) is 10.0. The third kappa shape index (κ3) is 5.62. The molecule has 0 unspecified atom stereocenters. The van der Waals surface area contributed by atoms with Crippen LogP contribution in [0.3, 0.4) is 0 Å². The van der Waals surface area contributed by atoms with Crippen LogP contribution in [-0.4, -0.2) is 0 Å². The van der Waals surface area contributed by atoms with Gasteiger partial charge in [0.1, 0.15) is 0 Å². The molecule has 0 atom stereocenters. The van der Waals surface area contributed by atoms with Gasteiger partial charge >= 0.3 is 0 Å². The highest BCUT2D eigenvalue weighted by molar-refractivity contribution is 7.26. The van der Waals surface area contributed by atoms with Crippen LogP contribution in [0.4, 0.5) is 17.1 Å². The van der Waals surface area contributed by atoms with Crippen LogP contribution in [0.15, 0.2) is 189 Å². The van der Waals surface area contributed by atoms with Crippen molar-refractivity contribution in [1.82, 2.24) is 0 Å². The predicted molar refractivity (Wildman–Crippen MR) is 242 cm³/mol. The lowest BCUT2D eigenvalue weighted by Crippen LogP contribution is -2.10. The molecule has 0 saturated carbocycles. The van der Waals surface area contributed by atoms with Gasteiger partial charge in [0.25, 0.3) is 0 Å². The van der Waals surface area contributed by atoms with Gasteiger partial charge in [-0.15, -0.1) is 11.3 Å². The van der Waals surface area contributed by atoms with E-state index >= 15 is 0 Å². The molecule has 0 spiro atoms. The van der Waals surface area contributed by atoms with Gasteiger partial charge in [-0.1, -0.05) is 152 Å². The summed E-state index contributed by atoms with van der Waals surface area (Å²) in [6.07, 6.45) is 6.35. The molecule has 0 fully saturated rings. The molecule has 0 aliphatic heterocycles. The van der Waals surface area contributed by atoms with Crippen molar-refractivity contribution in [2.24, 2.45) is 0 Å². The molecule has 260 valence electrons. The van der Waals surface area contributed by atoms with Crippen molar-refractivity contribution < 1.29 is 0 Å². The molecule has 0 amide bonds. The quantitative estimate of drug-likeness (QED) is 0.148. The molecular weight excluding hydrogens is 683 g/mol. The number of hydrogen-bond donors (Lipinski definition) is 0. The van der Waals surface area contributed by atoms with Crippen molar-refractivity contribution in [3.8, 4) is 22.3 Å². The molecule has 55 heavy (non-hydrogen) atoms. The summed E-state index contributed by atoms with van der Waals surface area (Å²) in [7, 11) is 0. The van der Waals surface area contributed by atoms with E-state index in [2.05, 4.69) is 206 Å². The van der Waals surface area contributed by atoms with Crippen LogP contribution in [0.25, 0.3) is 86.9 Å². The topological polar surface area (TPSA) is 3.24 Å². The van der Waals surface area contributed by atoms with Gasteiger partial charge < -0.3 is 4.90 Å². The van der Waals surface area contributed by atoms with Crippen molar-refractivity contribution in [2.75, 3.05) is 4.90 Å². The van der Waals surface area contributed by atoms with E-state index in [0.717, 1.165) is 22.6 Å². The Labute approximate surface area is 325 Å². The average molecular weight is 720 g/mol. The maximum Gasteiger partial charge on any atom is 0.0468 e. The van der Waals surface area contributed by atoms with Crippen LogP contribution in [0.1, 0.15) is 18.1 Å². The number of rotatable bonds is 7. The van der Waals surface area contributed by atoms with Crippen molar-refractivity contribution >= 4 is 93.0 Å². The van der Waals surface area contributed by atoms with Gasteiger partial charge in [0.05, 0.1) is 0 Å². The lowest BCUT2D eigenvalue weighted by atomic mass is 9.91. The van der Waals surface area contributed by atoms with E-state index in [-0.39, 0.29) is 0 Å². The molecule has 0 aliphatic carbocycles. The number of fused-ring (bicyclic) bond motifs is 7. The second-order valence-electron chi connectivity index (χ2n) is 14.1. The number of hydrogen-bond acceptors (Lipinski definition) is 2. The monoisotopic (exact) mass is 719 g/mol. The van der Waals surface area contributed by atoms with Gasteiger partial charge in [-0.05, 0) is 121 Å². The summed E-state index contributed by atoms with van der Waals surface area (Å²) in [5.74, 6) is 0. The fourth-order valence-electron chi connectivity index (χ4n) is 8.32. The number of nitrogens with zero attached hydrogens (tertiary/aromatic N) is 1. The van der Waals surface area contributed by atoms with Crippen LogP contribution in [0.5, 0.6) is 0 Å². The van der Waals surface area contributed by atoms with Gasteiger partial charge in [-0.2, -0.15) is 0 Å². The lowest BCUT2D eigenvalue weighted by molar-refractivity contribution is 1.29. The maximum absolute atomic E-state index is 4.25. The SMILES string of the molecule is C=Cc1c(/C=C/C)c2cc(N(c3ccc(-c4ccc5ccccc5c4)cc3)c3ccc(-c4cccc5c4sc4ccccc45)cc3)ccc2c2ccccc12. The van der Waals surface area contributed by atoms with E-state index in [0.29, 0.717) is 0 Å². The Balaban J connectivity index is 1.13. The first-order valence-corrected chi connectivity index (χ1v) is 19.6. The van der Waals surface area contributed by atoms with Gasteiger partial charge in [0, 0.05) is 37.2 Å². The van der Waals surface area contributed by atoms with E-state index in [1.54, 1.807) is 0 Å². The maximum atomic E-state index is 4.25. The lowest BCUT2D eigenvalue weighted by Gasteiger charge is -2.27. The Morgan fingerprint density at radius 1 is 0.455 bits per heavy atom. The van der Waals surface area contributed by atoms with Gasteiger partial charge in [0.15, 0.2) is 0 Å². The third-order valence-corrected chi connectivity index (χ3v) is 12.2. The molecule has 0 radical (unpaired) electrons. The van der Waals surface area contributed by atoms with E-state index in [1.165, 1.54) is 80.3 Å². The minimum absolute atomic E-state index is 1.10. The summed E-state index contributed by atoms with van der Waals surface area (Å²) in [6.45, 7) is 6.34. The highest BCUT2D eigenvalue weighted by Gasteiger charge is 2.18. The molecular formula is C53H37NS. The number of anilines is 3. The second-order valence-corrected chi connectivity index (χ2v) is 15.1. The Bertz CT molecular complexity index is 3110. The molecule has 1 aromatic heterocycles. The summed E-state index contributed by atoms with van der Waals surface area (Å²) in [6, 6.07) is 64.4. The third-order valence-electron chi connectivity index (χ3n) is 10.9. The Morgan fingerprint density at radius 2 is 1.07 bits per heavy atom. The van der Waals surface area contributed by atoms with E-state index in [1.807, 2.05) is 17.4 Å². The average Bonchev–Trinajstić information content (AvgIpc) is 3.63. The normalized spacial score (nSPS) is 11.7. The molecule has 0 bridgehead atoms. The zero-order valence-electron chi connectivity index (χ0n) is 30.5. The van der Waals surface area contributed by atoms with E-state index < -0.39 is 0 Å². The molecule has 0 aliphatic rings. The molecule has 0 saturated heterocycles. The smallest absolute Gasteiger partial charge is 0.0468 e. The fourth-order valence-corrected chi connectivity index (χ4v) is 9.56. The number of thiophene rings is 1. The Hall–Kier alpha value is -6.74. The zero-order valence-corrected chi connectivity index (χ0v) is 31.4. The van der Waals surface area contributed by atoms with Crippen LogP contribution in [0, 0.1) is 0 Å². The molecule has 1 nitrogen and oxygen atoms in total. The number of benzene rings is 9. The van der Waals surface area contributed by atoms with E-state index in [9.17, 15) is 0 Å². The first-order chi connectivity index (χ1) is 27.2. The van der Waals surface area contributed by atoms with Gasteiger partial charge in [0.2, 0.25) is 0 Å². The Morgan fingerprint density at radius 3 is 1.84 bits per heavy atom. The summed E-state index contributed by atoms with van der Waals surface area (Å²) >= 11 is 1.87. The van der Waals surface area contributed by atoms with Crippen LogP contribution in [-0.2, 0) is 0 Å². The highest BCUT2D eigenvalue weighted by Crippen LogP contribution is 2.43. The zero-order chi connectivity index (χ0) is 36.9. The van der Waals surface area contributed by atoms with E-state index in [4.69, 9.17) is 0 Å². The highest BCUT2D eigenvalue weighted by atomic mass is 32.1. The van der Waals surface area contributed by atoms with Gasteiger partial charge in [-0.25, -0.2) is 0 Å². The van der Waals surface area contributed by atoms with Gasteiger partial charge in [-0.3, -0.25) is 0 Å².